The first-order valence-corrected chi connectivity index (χ1v) is 8.64. The molecular formula is C19H23NO3. The molecule has 1 amide bonds. The Balaban J connectivity index is 1.59. The van der Waals surface area contributed by atoms with E-state index in [4.69, 9.17) is 0 Å². The summed E-state index contributed by atoms with van der Waals surface area (Å²) < 4.78 is 0. The van der Waals surface area contributed by atoms with Crippen molar-refractivity contribution in [3.63, 3.8) is 0 Å². The Labute approximate surface area is 136 Å². The van der Waals surface area contributed by atoms with Crippen LogP contribution < -0.4 is 5.32 Å². The molecule has 4 aliphatic rings. The van der Waals surface area contributed by atoms with Gasteiger partial charge < -0.3 is 10.4 Å². The molecule has 0 aromatic heterocycles. The number of carboxylic acid groups (broad SMARTS) is 1. The SMILES string of the molecule is O=C(N[C@H](C(=O)O)C12CC3CC(CC(C3)C1)C2)c1ccccc1. The lowest BCUT2D eigenvalue weighted by Crippen LogP contribution is -2.59. The van der Waals surface area contributed by atoms with Crippen molar-refractivity contribution in [2.75, 3.05) is 0 Å². The predicted molar refractivity (Wildman–Crippen MR) is 85.9 cm³/mol. The lowest BCUT2D eigenvalue weighted by atomic mass is 9.47. The zero-order valence-corrected chi connectivity index (χ0v) is 13.2. The summed E-state index contributed by atoms with van der Waals surface area (Å²) in [5, 5.41) is 12.7. The standard InChI is InChI=1S/C19H23NO3/c21-17(15-4-2-1-3-5-15)20-16(18(22)23)19-9-12-6-13(10-19)8-14(7-12)11-19/h1-5,12-14,16H,6-11H2,(H,20,21)(H,22,23)/t12?,13?,14?,16-,19?/m1/s1. The highest BCUT2D eigenvalue weighted by Gasteiger charge is 2.56. The fourth-order valence-electron chi connectivity index (χ4n) is 5.81. The van der Waals surface area contributed by atoms with E-state index < -0.39 is 12.0 Å². The lowest BCUT2D eigenvalue weighted by molar-refractivity contribution is -0.150. The molecule has 4 fully saturated rings. The van der Waals surface area contributed by atoms with Crippen molar-refractivity contribution < 1.29 is 14.7 Å². The molecule has 4 heteroatoms. The van der Waals surface area contributed by atoms with Gasteiger partial charge in [0.15, 0.2) is 0 Å². The Morgan fingerprint density at radius 2 is 1.52 bits per heavy atom. The number of nitrogens with one attached hydrogen (secondary N) is 1. The first-order chi connectivity index (χ1) is 11.1. The normalized spacial score (nSPS) is 35.7. The minimum atomic E-state index is -0.878. The van der Waals surface area contributed by atoms with E-state index in [1.807, 2.05) is 6.07 Å². The Kier molecular flexibility index (Phi) is 3.43. The van der Waals surface area contributed by atoms with E-state index in [1.54, 1.807) is 24.3 Å². The van der Waals surface area contributed by atoms with Crippen molar-refractivity contribution in [3.05, 3.63) is 35.9 Å². The number of carbonyl (C=O) groups is 2. The third-order valence-electron chi connectivity index (χ3n) is 6.26. The summed E-state index contributed by atoms with van der Waals surface area (Å²) in [7, 11) is 0. The average molecular weight is 313 g/mol. The summed E-state index contributed by atoms with van der Waals surface area (Å²) in [5.74, 6) is 0.843. The van der Waals surface area contributed by atoms with Crippen LogP contribution in [0, 0.1) is 23.2 Å². The Morgan fingerprint density at radius 1 is 1.00 bits per heavy atom. The van der Waals surface area contributed by atoms with Crippen LogP contribution in [0.25, 0.3) is 0 Å². The van der Waals surface area contributed by atoms with Gasteiger partial charge in [0, 0.05) is 11.0 Å². The Bertz CT molecular complexity index is 589. The number of aliphatic carboxylic acids is 1. The Morgan fingerprint density at radius 3 is 2.00 bits per heavy atom. The molecule has 0 unspecified atom stereocenters. The topological polar surface area (TPSA) is 66.4 Å². The highest BCUT2D eigenvalue weighted by molar-refractivity contribution is 5.96. The van der Waals surface area contributed by atoms with E-state index in [9.17, 15) is 14.7 Å². The summed E-state index contributed by atoms with van der Waals surface area (Å²) in [4.78, 5) is 24.4. The van der Waals surface area contributed by atoms with Crippen LogP contribution in [0.2, 0.25) is 0 Å². The zero-order chi connectivity index (χ0) is 16.0. The van der Waals surface area contributed by atoms with Crippen LogP contribution in [-0.2, 0) is 4.79 Å². The third kappa shape index (κ3) is 2.54. The molecule has 122 valence electrons. The fourth-order valence-corrected chi connectivity index (χ4v) is 5.81. The number of benzene rings is 1. The van der Waals surface area contributed by atoms with Crippen LogP contribution in [0.1, 0.15) is 48.9 Å². The Hall–Kier alpha value is -1.84. The number of rotatable bonds is 4. The quantitative estimate of drug-likeness (QED) is 0.897. The van der Waals surface area contributed by atoms with Gasteiger partial charge >= 0.3 is 5.97 Å². The van der Waals surface area contributed by atoms with E-state index in [0.29, 0.717) is 23.3 Å². The highest BCUT2D eigenvalue weighted by Crippen LogP contribution is 2.61. The number of hydrogen-bond acceptors (Lipinski definition) is 2. The molecule has 23 heavy (non-hydrogen) atoms. The molecule has 1 aromatic carbocycles. The minimum absolute atomic E-state index is 0.231. The van der Waals surface area contributed by atoms with Crippen molar-refractivity contribution >= 4 is 11.9 Å². The molecule has 4 nitrogen and oxygen atoms in total. The maximum absolute atomic E-state index is 12.5. The van der Waals surface area contributed by atoms with Crippen molar-refractivity contribution in [1.82, 2.24) is 5.32 Å². The van der Waals surface area contributed by atoms with Crippen LogP contribution >= 0.6 is 0 Å². The van der Waals surface area contributed by atoms with Crippen molar-refractivity contribution in [3.8, 4) is 0 Å². The van der Waals surface area contributed by atoms with Gasteiger partial charge in [-0.2, -0.15) is 0 Å². The lowest BCUT2D eigenvalue weighted by Gasteiger charge is -2.58. The predicted octanol–water partition coefficient (Wildman–Crippen LogP) is 3.09. The average Bonchev–Trinajstić information content (AvgIpc) is 2.51. The van der Waals surface area contributed by atoms with Gasteiger partial charge in [0.2, 0.25) is 0 Å². The van der Waals surface area contributed by atoms with Crippen LogP contribution in [-0.4, -0.2) is 23.0 Å². The molecule has 1 atom stereocenters. The molecule has 0 spiro atoms. The largest absolute Gasteiger partial charge is 0.480 e. The monoisotopic (exact) mass is 313 g/mol. The van der Waals surface area contributed by atoms with Gasteiger partial charge in [0.05, 0.1) is 0 Å². The third-order valence-corrected chi connectivity index (χ3v) is 6.26. The van der Waals surface area contributed by atoms with E-state index in [1.165, 1.54) is 19.3 Å². The van der Waals surface area contributed by atoms with Gasteiger partial charge in [-0.25, -0.2) is 4.79 Å². The molecule has 0 radical (unpaired) electrons. The van der Waals surface area contributed by atoms with Gasteiger partial charge in [-0.05, 0) is 68.4 Å². The van der Waals surface area contributed by atoms with Gasteiger partial charge in [-0.3, -0.25) is 4.79 Å². The number of carboxylic acids is 1. The van der Waals surface area contributed by atoms with Crippen LogP contribution in [0.3, 0.4) is 0 Å². The molecule has 1 aromatic rings. The van der Waals surface area contributed by atoms with Gasteiger partial charge in [-0.1, -0.05) is 18.2 Å². The smallest absolute Gasteiger partial charge is 0.326 e. The second-order valence-electron chi connectivity index (χ2n) is 7.89. The van der Waals surface area contributed by atoms with Crippen LogP contribution in [0.15, 0.2) is 30.3 Å². The summed E-state index contributed by atoms with van der Waals surface area (Å²) >= 11 is 0. The number of carbonyl (C=O) groups excluding carboxylic acids is 1. The van der Waals surface area contributed by atoms with Crippen LogP contribution in [0.4, 0.5) is 0 Å². The molecule has 0 heterocycles. The second kappa shape index (κ2) is 5.36. The summed E-state index contributed by atoms with van der Waals surface area (Å²) in [6.07, 6.45) is 6.68. The maximum atomic E-state index is 12.5. The molecule has 0 aliphatic heterocycles. The molecule has 4 bridgehead atoms. The van der Waals surface area contributed by atoms with Gasteiger partial charge in [0.25, 0.3) is 5.91 Å². The minimum Gasteiger partial charge on any atom is -0.480 e. The molecule has 4 saturated carbocycles. The first kappa shape index (κ1) is 14.7. The van der Waals surface area contributed by atoms with Crippen molar-refractivity contribution in [2.24, 2.45) is 23.2 Å². The van der Waals surface area contributed by atoms with E-state index in [2.05, 4.69) is 5.32 Å². The molecule has 0 saturated heterocycles. The molecule has 5 rings (SSSR count). The number of hydrogen-bond donors (Lipinski definition) is 2. The second-order valence-corrected chi connectivity index (χ2v) is 7.89. The number of amides is 1. The van der Waals surface area contributed by atoms with Crippen molar-refractivity contribution in [1.29, 1.82) is 0 Å². The van der Waals surface area contributed by atoms with Gasteiger partial charge in [-0.15, -0.1) is 0 Å². The summed E-state index contributed by atoms with van der Waals surface area (Å²) in [5.41, 5.74) is 0.300. The molecule has 2 N–H and O–H groups in total. The summed E-state index contributed by atoms with van der Waals surface area (Å²) in [6.45, 7) is 0. The zero-order valence-electron chi connectivity index (χ0n) is 13.2. The van der Waals surface area contributed by atoms with Crippen molar-refractivity contribution in [2.45, 2.75) is 44.6 Å². The van der Waals surface area contributed by atoms with E-state index >= 15 is 0 Å². The maximum Gasteiger partial charge on any atom is 0.326 e. The van der Waals surface area contributed by atoms with Gasteiger partial charge in [0.1, 0.15) is 6.04 Å². The molecule has 4 aliphatic carbocycles. The summed E-state index contributed by atoms with van der Waals surface area (Å²) in [6, 6.07) is 8.15. The van der Waals surface area contributed by atoms with E-state index in [-0.39, 0.29) is 11.3 Å². The fraction of sp³-hybridized carbons (Fsp3) is 0.579. The molecular weight excluding hydrogens is 290 g/mol. The van der Waals surface area contributed by atoms with Crippen LogP contribution in [0.5, 0.6) is 0 Å². The highest BCUT2D eigenvalue weighted by atomic mass is 16.4. The van der Waals surface area contributed by atoms with E-state index in [0.717, 1.165) is 19.3 Å². The first-order valence-electron chi connectivity index (χ1n) is 8.64.